The van der Waals surface area contributed by atoms with Crippen molar-refractivity contribution in [1.82, 2.24) is 10.9 Å². The van der Waals surface area contributed by atoms with E-state index in [2.05, 4.69) is 16.2 Å². The van der Waals surface area contributed by atoms with E-state index in [9.17, 15) is 9.59 Å². The molecule has 0 saturated carbocycles. The fourth-order valence-corrected chi connectivity index (χ4v) is 2.35. The van der Waals surface area contributed by atoms with Gasteiger partial charge in [0.25, 0.3) is 5.91 Å². The van der Waals surface area contributed by atoms with Crippen LogP contribution in [0, 0.1) is 20.8 Å². The molecule has 3 N–H and O–H groups in total. The Bertz CT molecular complexity index is 773. The van der Waals surface area contributed by atoms with Crippen LogP contribution in [0.15, 0.2) is 36.4 Å². The number of anilines is 1. The van der Waals surface area contributed by atoms with Gasteiger partial charge in [0.1, 0.15) is 5.75 Å². The molecule has 7 heteroatoms. The molecule has 0 aromatic heterocycles. The number of hydrogen-bond acceptors (Lipinski definition) is 3. The van der Waals surface area contributed by atoms with Crippen LogP contribution in [0.25, 0.3) is 0 Å². The quantitative estimate of drug-likeness (QED) is 0.729. The molecule has 0 radical (unpaired) electrons. The predicted octanol–water partition coefficient (Wildman–Crippen LogP) is 3.50. The van der Waals surface area contributed by atoms with Gasteiger partial charge in [0.15, 0.2) is 6.61 Å². The minimum absolute atomic E-state index is 0.231. The third kappa shape index (κ3) is 6.00. The van der Waals surface area contributed by atoms with Gasteiger partial charge in [0.2, 0.25) is 0 Å². The van der Waals surface area contributed by atoms with Gasteiger partial charge in [-0.3, -0.25) is 10.2 Å². The average molecular weight is 362 g/mol. The summed E-state index contributed by atoms with van der Waals surface area (Å²) in [5.74, 6) is 0.0416. The molecule has 0 unspecified atom stereocenters. The fraction of sp³-hybridized carbons (Fsp3) is 0.222. The molecule has 2 aromatic rings. The molecule has 0 atom stereocenters. The van der Waals surface area contributed by atoms with Gasteiger partial charge >= 0.3 is 6.03 Å². The van der Waals surface area contributed by atoms with Crippen LogP contribution in [-0.2, 0) is 4.79 Å². The Labute approximate surface area is 151 Å². The van der Waals surface area contributed by atoms with E-state index in [0.717, 1.165) is 16.7 Å². The van der Waals surface area contributed by atoms with Crippen molar-refractivity contribution in [2.75, 3.05) is 11.9 Å². The third-order valence-corrected chi connectivity index (χ3v) is 3.72. The first-order chi connectivity index (χ1) is 11.8. The summed E-state index contributed by atoms with van der Waals surface area (Å²) >= 11 is 5.92. The van der Waals surface area contributed by atoms with Crippen LogP contribution in [-0.4, -0.2) is 18.5 Å². The predicted molar refractivity (Wildman–Crippen MR) is 97.9 cm³/mol. The van der Waals surface area contributed by atoms with E-state index in [-0.39, 0.29) is 6.61 Å². The fourth-order valence-electron chi connectivity index (χ4n) is 2.23. The average Bonchev–Trinajstić information content (AvgIpc) is 2.53. The molecule has 0 aliphatic carbocycles. The molecule has 2 aromatic carbocycles. The van der Waals surface area contributed by atoms with Crippen molar-refractivity contribution in [3.8, 4) is 5.75 Å². The van der Waals surface area contributed by atoms with Crippen LogP contribution in [0.4, 0.5) is 10.5 Å². The smallest absolute Gasteiger partial charge is 0.337 e. The van der Waals surface area contributed by atoms with E-state index in [1.54, 1.807) is 18.2 Å². The number of amides is 3. The summed E-state index contributed by atoms with van der Waals surface area (Å²) in [7, 11) is 0. The number of aryl methyl sites for hydroxylation is 3. The number of halogens is 1. The van der Waals surface area contributed by atoms with Crippen LogP contribution in [0.3, 0.4) is 0 Å². The second-order valence-electron chi connectivity index (χ2n) is 5.70. The Balaban J connectivity index is 1.77. The van der Waals surface area contributed by atoms with E-state index < -0.39 is 11.9 Å². The number of nitrogens with one attached hydrogen (secondary N) is 3. The van der Waals surface area contributed by atoms with Crippen LogP contribution in [0.2, 0.25) is 5.02 Å². The highest BCUT2D eigenvalue weighted by molar-refractivity contribution is 6.31. The lowest BCUT2D eigenvalue weighted by Crippen LogP contribution is -2.45. The summed E-state index contributed by atoms with van der Waals surface area (Å²) in [5, 5.41) is 3.27. The van der Waals surface area contributed by atoms with Gasteiger partial charge in [-0.25, -0.2) is 10.2 Å². The Hall–Kier alpha value is -2.73. The maximum Gasteiger partial charge on any atom is 0.337 e. The topological polar surface area (TPSA) is 79.5 Å². The van der Waals surface area contributed by atoms with Crippen LogP contribution in [0.1, 0.15) is 16.7 Å². The van der Waals surface area contributed by atoms with E-state index >= 15 is 0 Å². The summed E-state index contributed by atoms with van der Waals surface area (Å²) in [6, 6.07) is 10.2. The molecule has 0 aliphatic heterocycles. The SMILES string of the molecule is Cc1cc(C)cc(NC(=O)NNC(=O)COc2ccc(Cl)c(C)c2)c1. The van der Waals surface area contributed by atoms with E-state index in [1.165, 1.54) is 0 Å². The zero-order valence-corrected chi connectivity index (χ0v) is 15.0. The summed E-state index contributed by atoms with van der Waals surface area (Å²) in [4.78, 5) is 23.5. The number of hydrazine groups is 1. The second kappa shape index (κ2) is 8.39. The summed E-state index contributed by atoms with van der Waals surface area (Å²) < 4.78 is 5.34. The molecule has 0 fully saturated rings. The number of ether oxygens (including phenoxy) is 1. The number of rotatable bonds is 4. The maximum absolute atomic E-state index is 11.8. The van der Waals surface area contributed by atoms with Gasteiger partial charge in [-0.2, -0.15) is 0 Å². The molecule has 0 heterocycles. The molecule has 3 amide bonds. The van der Waals surface area contributed by atoms with Gasteiger partial charge in [-0.1, -0.05) is 17.7 Å². The lowest BCUT2D eigenvalue weighted by Gasteiger charge is -2.11. The maximum atomic E-state index is 11.8. The molecule has 0 saturated heterocycles. The van der Waals surface area contributed by atoms with Gasteiger partial charge in [0, 0.05) is 10.7 Å². The zero-order chi connectivity index (χ0) is 18.4. The van der Waals surface area contributed by atoms with Crippen molar-refractivity contribution in [1.29, 1.82) is 0 Å². The second-order valence-corrected chi connectivity index (χ2v) is 6.11. The number of benzene rings is 2. The van der Waals surface area contributed by atoms with Gasteiger partial charge in [-0.15, -0.1) is 0 Å². The lowest BCUT2D eigenvalue weighted by molar-refractivity contribution is -0.123. The molecule has 25 heavy (non-hydrogen) atoms. The summed E-state index contributed by atoms with van der Waals surface area (Å²) in [5.41, 5.74) is 8.12. The first-order valence-corrected chi connectivity index (χ1v) is 8.04. The zero-order valence-electron chi connectivity index (χ0n) is 14.3. The summed E-state index contributed by atoms with van der Waals surface area (Å²) in [6.07, 6.45) is 0. The highest BCUT2D eigenvalue weighted by Gasteiger charge is 2.07. The van der Waals surface area contributed by atoms with Crippen molar-refractivity contribution in [2.45, 2.75) is 20.8 Å². The van der Waals surface area contributed by atoms with Crippen molar-refractivity contribution < 1.29 is 14.3 Å². The number of carbonyl (C=O) groups excluding carboxylic acids is 2. The highest BCUT2D eigenvalue weighted by atomic mass is 35.5. The molecule has 6 nitrogen and oxygen atoms in total. The lowest BCUT2D eigenvalue weighted by atomic mass is 10.1. The Morgan fingerprint density at radius 2 is 1.68 bits per heavy atom. The number of carbonyl (C=O) groups is 2. The highest BCUT2D eigenvalue weighted by Crippen LogP contribution is 2.20. The largest absolute Gasteiger partial charge is 0.484 e. The number of hydrogen-bond donors (Lipinski definition) is 3. The summed E-state index contributed by atoms with van der Waals surface area (Å²) in [6.45, 7) is 5.49. The van der Waals surface area contributed by atoms with E-state index in [4.69, 9.17) is 16.3 Å². The third-order valence-electron chi connectivity index (χ3n) is 3.29. The Morgan fingerprint density at radius 1 is 1.00 bits per heavy atom. The minimum Gasteiger partial charge on any atom is -0.484 e. The van der Waals surface area contributed by atoms with E-state index in [1.807, 2.05) is 39.0 Å². The Kier molecular flexibility index (Phi) is 6.25. The van der Waals surface area contributed by atoms with Crippen molar-refractivity contribution in [2.24, 2.45) is 0 Å². The van der Waals surface area contributed by atoms with Crippen molar-refractivity contribution in [3.63, 3.8) is 0 Å². The van der Waals surface area contributed by atoms with Crippen LogP contribution in [0.5, 0.6) is 5.75 Å². The first kappa shape index (κ1) is 18.6. The molecule has 0 aliphatic rings. The van der Waals surface area contributed by atoms with Crippen molar-refractivity contribution >= 4 is 29.2 Å². The van der Waals surface area contributed by atoms with E-state index in [0.29, 0.717) is 16.5 Å². The Morgan fingerprint density at radius 3 is 2.32 bits per heavy atom. The standard InChI is InChI=1S/C18H20ClN3O3/c1-11-6-12(2)8-14(7-11)20-18(24)22-21-17(23)10-25-15-4-5-16(19)13(3)9-15/h4-9H,10H2,1-3H3,(H,21,23)(H2,20,22,24). The monoisotopic (exact) mass is 361 g/mol. The molecular formula is C18H20ClN3O3. The molecule has 2 rings (SSSR count). The number of urea groups is 1. The first-order valence-electron chi connectivity index (χ1n) is 7.66. The molecular weight excluding hydrogens is 342 g/mol. The molecule has 132 valence electrons. The van der Waals surface area contributed by atoms with Gasteiger partial charge in [-0.05, 0) is 67.8 Å². The van der Waals surface area contributed by atoms with Crippen LogP contribution < -0.4 is 20.9 Å². The van der Waals surface area contributed by atoms with Crippen molar-refractivity contribution in [3.05, 3.63) is 58.1 Å². The normalized spacial score (nSPS) is 10.1. The van der Waals surface area contributed by atoms with Crippen LogP contribution >= 0.6 is 11.6 Å². The van der Waals surface area contributed by atoms with Gasteiger partial charge in [0.05, 0.1) is 0 Å². The van der Waals surface area contributed by atoms with Gasteiger partial charge < -0.3 is 10.1 Å². The molecule has 0 bridgehead atoms. The molecule has 0 spiro atoms. The minimum atomic E-state index is -0.541.